The van der Waals surface area contributed by atoms with Crippen molar-refractivity contribution in [3.63, 3.8) is 0 Å². The number of aromatic nitrogens is 2. The van der Waals surface area contributed by atoms with Gasteiger partial charge in [0.1, 0.15) is 11.5 Å². The minimum atomic E-state index is -0.424. The highest BCUT2D eigenvalue weighted by Crippen LogP contribution is 2.45. The SMILES string of the molecule is COc1ccc(N2C(=S)N[C@@H](c3ccccn3)[C@H]2c2cc(C)n(-c3cc([N+](=O)[O-])ccc3OC)c2C)cc1NC(C)=O. The standard InChI is InChI=1S/C30H30N6O5S/c1-17-14-22(18(2)34(17)25-16-21(36(38)39)10-12-27(25)41-5)29-28(23-8-6-7-13-31-23)33-30(42)35(29)20-9-11-26(40-4)24(15-20)32-19(3)37/h6-16,28-29H,1-5H3,(H,32,37)(H,33,42)/t28-,29+/m0/s1. The molecule has 216 valence electrons. The number of ether oxygens (including phenoxy) is 2. The van der Waals surface area contributed by atoms with E-state index >= 15 is 0 Å². The van der Waals surface area contributed by atoms with Crippen molar-refractivity contribution in [2.24, 2.45) is 0 Å². The summed E-state index contributed by atoms with van der Waals surface area (Å²) in [4.78, 5) is 29.8. The Hall–Kier alpha value is -4.97. The number of thiocarbonyl (C=S) groups is 1. The first-order valence-corrected chi connectivity index (χ1v) is 13.5. The normalized spacial score (nSPS) is 16.2. The predicted molar refractivity (Wildman–Crippen MR) is 164 cm³/mol. The number of nitro groups is 1. The highest BCUT2D eigenvalue weighted by Gasteiger charge is 2.42. The number of methoxy groups -OCH3 is 2. The molecule has 0 saturated carbocycles. The number of rotatable bonds is 8. The Labute approximate surface area is 248 Å². The molecule has 0 radical (unpaired) electrons. The summed E-state index contributed by atoms with van der Waals surface area (Å²) < 4.78 is 13.0. The zero-order valence-electron chi connectivity index (χ0n) is 23.7. The number of amides is 1. The second-order valence-electron chi connectivity index (χ2n) is 9.84. The lowest BCUT2D eigenvalue weighted by Gasteiger charge is -2.29. The van der Waals surface area contributed by atoms with Gasteiger partial charge in [-0.1, -0.05) is 6.07 Å². The Bertz CT molecular complexity index is 1690. The van der Waals surface area contributed by atoms with Crippen LogP contribution in [0.5, 0.6) is 11.5 Å². The monoisotopic (exact) mass is 586 g/mol. The molecule has 2 aromatic carbocycles. The molecule has 0 spiro atoms. The number of nitrogens with zero attached hydrogens (tertiary/aromatic N) is 4. The van der Waals surface area contributed by atoms with Gasteiger partial charge in [-0.05, 0) is 74.1 Å². The largest absolute Gasteiger partial charge is 0.495 e. The van der Waals surface area contributed by atoms with Crippen LogP contribution < -0.4 is 25.0 Å². The number of hydrogen-bond acceptors (Lipinski definition) is 7. The fraction of sp³-hybridized carbons (Fsp3) is 0.233. The molecule has 2 N–H and O–H groups in total. The Kier molecular flexibility index (Phi) is 7.81. The summed E-state index contributed by atoms with van der Waals surface area (Å²) in [6.45, 7) is 5.34. The van der Waals surface area contributed by atoms with Crippen LogP contribution in [0, 0.1) is 24.0 Å². The molecular formula is C30H30N6O5S. The van der Waals surface area contributed by atoms with E-state index in [1.807, 2.05) is 53.6 Å². The number of aryl methyl sites for hydroxylation is 1. The second kappa shape index (κ2) is 11.5. The van der Waals surface area contributed by atoms with Gasteiger partial charge in [0.2, 0.25) is 5.91 Å². The molecule has 11 nitrogen and oxygen atoms in total. The van der Waals surface area contributed by atoms with E-state index in [0.29, 0.717) is 28.0 Å². The summed E-state index contributed by atoms with van der Waals surface area (Å²) in [6.07, 6.45) is 1.74. The minimum Gasteiger partial charge on any atom is -0.495 e. The third kappa shape index (κ3) is 5.12. The molecule has 1 saturated heterocycles. The van der Waals surface area contributed by atoms with Gasteiger partial charge >= 0.3 is 0 Å². The molecule has 1 fully saturated rings. The number of benzene rings is 2. The number of anilines is 2. The van der Waals surface area contributed by atoms with Gasteiger partial charge in [-0.3, -0.25) is 19.9 Å². The van der Waals surface area contributed by atoms with Crippen LogP contribution in [0.3, 0.4) is 0 Å². The lowest BCUT2D eigenvalue weighted by Crippen LogP contribution is -2.29. The molecule has 2 aromatic heterocycles. The molecule has 0 aliphatic carbocycles. The highest BCUT2D eigenvalue weighted by atomic mass is 32.1. The first-order chi connectivity index (χ1) is 20.1. The maximum atomic E-state index is 12.0. The van der Waals surface area contributed by atoms with E-state index in [1.165, 1.54) is 26.2 Å². The van der Waals surface area contributed by atoms with Crippen molar-refractivity contribution in [1.82, 2.24) is 14.9 Å². The van der Waals surface area contributed by atoms with Crippen molar-refractivity contribution >= 4 is 40.3 Å². The van der Waals surface area contributed by atoms with E-state index in [4.69, 9.17) is 21.7 Å². The quantitative estimate of drug-likeness (QED) is 0.155. The predicted octanol–water partition coefficient (Wildman–Crippen LogP) is 5.55. The van der Waals surface area contributed by atoms with Crippen molar-refractivity contribution < 1.29 is 19.2 Å². The molecule has 4 aromatic rings. The van der Waals surface area contributed by atoms with Gasteiger partial charge in [-0.2, -0.15) is 0 Å². The third-order valence-corrected chi connectivity index (χ3v) is 7.59. The van der Waals surface area contributed by atoms with Crippen molar-refractivity contribution in [2.45, 2.75) is 32.9 Å². The molecule has 1 aliphatic rings. The summed E-state index contributed by atoms with van der Waals surface area (Å²) in [6, 6.07) is 17.1. The van der Waals surface area contributed by atoms with Gasteiger partial charge in [0.05, 0.1) is 48.3 Å². The van der Waals surface area contributed by atoms with E-state index in [-0.39, 0.29) is 23.7 Å². The average molecular weight is 587 g/mol. The Balaban J connectivity index is 1.71. The van der Waals surface area contributed by atoms with Crippen molar-refractivity contribution in [3.8, 4) is 17.2 Å². The van der Waals surface area contributed by atoms with Crippen molar-refractivity contribution in [1.29, 1.82) is 0 Å². The van der Waals surface area contributed by atoms with Crippen LogP contribution >= 0.6 is 12.2 Å². The van der Waals surface area contributed by atoms with Crippen LogP contribution in [0.2, 0.25) is 0 Å². The summed E-state index contributed by atoms with van der Waals surface area (Å²) in [5.74, 6) is 0.785. The lowest BCUT2D eigenvalue weighted by atomic mass is 9.96. The molecule has 0 bridgehead atoms. The third-order valence-electron chi connectivity index (χ3n) is 7.27. The van der Waals surface area contributed by atoms with E-state index in [0.717, 1.165) is 28.3 Å². The first-order valence-electron chi connectivity index (χ1n) is 13.1. The van der Waals surface area contributed by atoms with Gasteiger partial charge in [0.25, 0.3) is 5.69 Å². The molecule has 1 amide bonds. The number of carbonyl (C=O) groups excluding carboxylic acids is 1. The summed E-state index contributed by atoms with van der Waals surface area (Å²) in [5, 5.41) is 18.4. The Morgan fingerprint density at radius 3 is 2.45 bits per heavy atom. The molecule has 1 aliphatic heterocycles. The van der Waals surface area contributed by atoms with Gasteiger partial charge < -0.3 is 29.6 Å². The second-order valence-corrected chi connectivity index (χ2v) is 10.2. The number of hydrogen-bond donors (Lipinski definition) is 2. The molecule has 2 atom stereocenters. The molecule has 0 unspecified atom stereocenters. The lowest BCUT2D eigenvalue weighted by molar-refractivity contribution is -0.384. The molecular weight excluding hydrogens is 556 g/mol. The van der Waals surface area contributed by atoms with Crippen molar-refractivity contribution in [2.75, 3.05) is 24.4 Å². The highest BCUT2D eigenvalue weighted by molar-refractivity contribution is 7.80. The van der Waals surface area contributed by atoms with Crippen LogP contribution in [-0.2, 0) is 4.79 Å². The zero-order chi connectivity index (χ0) is 30.1. The molecule has 42 heavy (non-hydrogen) atoms. The number of pyridine rings is 1. The van der Waals surface area contributed by atoms with Crippen LogP contribution in [0.25, 0.3) is 5.69 Å². The number of non-ortho nitro benzene ring substituents is 1. The van der Waals surface area contributed by atoms with Crippen LogP contribution in [0.1, 0.15) is 41.7 Å². The van der Waals surface area contributed by atoms with Gasteiger partial charge in [0.15, 0.2) is 5.11 Å². The van der Waals surface area contributed by atoms with E-state index in [1.54, 1.807) is 25.4 Å². The van der Waals surface area contributed by atoms with Crippen molar-refractivity contribution in [3.05, 3.63) is 99.6 Å². The maximum absolute atomic E-state index is 12.0. The van der Waals surface area contributed by atoms with E-state index in [2.05, 4.69) is 21.7 Å². The Morgan fingerprint density at radius 1 is 1.07 bits per heavy atom. The zero-order valence-corrected chi connectivity index (χ0v) is 24.6. The van der Waals surface area contributed by atoms with Gasteiger partial charge in [0, 0.05) is 42.3 Å². The first kappa shape index (κ1) is 28.6. The summed E-state index contributed by atoms with van der Waals surface area (Å²) in [5.41, 5.74) is 5.19. The molecule has 5 rings (SSSR count). The number of nitro benzene ring substituents is 1. The number of carbonyl (C=O) groups is 1. The number of nitrogens with one attached hydrogen (secondary N) is 2. The average Bonchev–Trinajstić information content (AvgIpc) is 3.47. The smallest absolute Gasteiger partial charge is 0.271 e. The summed E-state index contributed by atoms with van der Waals surface area (Å²) >= 11 is 5.90. The maximum Gasteiger partial charge on any atom is 0.271 e. The van der Waals surface area contributed by atoms with Crippen LogP contribution in [0.4, 0.5) is 17.1 Å². The van der Waals surface area contributed by atoms with E-state index < -0.39 is 4.92 Å². The van der Waals surface area contributed by atoms with Crippen LogP contribution in [-0.4, -0.2) is 39.7 Å². The fourth-order valence-corrected chi connectivity index (χ4v) is 5.85. The topological polar surface area (TPSA) is 124 Å². The minimum absolute atomic E-state index is 0.0414. The molecule has 3 heterocycles. The van der Waals surface area contributed by atoms with E-state index in [9.17, 15) is 14.9 Å². The Morgan fingerprint density at radius 2 is 1.81 bits per heavy atom. The van der Waals surface area contributed by atoms with Gasteiger partial charge in [-0.15, -0.1) is 0 Å². The fourth-order valence-electron chi connectivity index (χ4n) is 5.51. The molecule has 12 heteroatoms. The summed E-state index contributed by atoms with van der Waals surface area (Å²) in [7, 11) is 3.08. The van der Waals surface area contributed by atoms with Crippen LogP contribution in [0.15, 0.2) is 66.9 Å². The van der Waals surface area contributed by atoms with Gasteiger partial charge in [-0.25, -0.2) is 0 Å².